The van der Waals surface area contributed by atoms with Gasteiger partial charge in [-0.25, -0.2) is 0 Å². The van der Waals surface area contributed by atoms with Crippen molar-refractivity contribution in [2.75, 3.05) is 6.61 Å². The predicted molar refractivity (Wildman–Crippen MR) is 55.1 cm³/mol. The third-order valence-electron chi connectivity index (χ3n) is 1.82. The van der Waals surface area contributed by atoms with Gasteiger partial charge in [-0.1, -0.05) is 0 Å². The van der Waals surface area contributed by atoms with E-state index in [1.807, 2.05) is 0 Å². The van der Waals surface area contributed by atoms with E-state index >= 15 is 0 Å². The molecule has 0 atom stereocenters. The second-order valence-corrected chi connectivity index (χ2v) is 3.17. The molecular formula is C9H11N3O5. The van der Waals surface area contributed by atoms with Gasteiger partial charge in [-0.15, -0.1) is 0 Å². The normalized spacial score (nSPS) is 9.94. The van der Waals surface area contributed by atoms with Crippen LogP contribution in [0, 0.1) is 10.1 Å². The monoisotopic (exact) mass is 241 g/mol. The molecule has 1 aromatic heterocycles. The van der Waals surface area contributed by atoms with E-state index in [4.69, 9.17) is 0 Å². The maximum atomic E-state index is 11.3. The van der Waals surface area contributed by atoms with Crippen molar-refractivity contribution in [3.05, 3.63) is 22.5 Å². The molecule has 0 aliphatic carbocycles. The van der Waals surface area contributed by atoms with E-state index in [2.05, 4.69) is 9.84 Å². The van der Waals surface area contributed by atoms with Crippen LogP contribution in [0.2, 0.25) is 0 Å². The molecule has 8 heteroatoms. The number of carbonyl (C=O) groups excluding carboxylic acids is 2. The lowest BCUT2D eigenvalue weighted by atomic mass is 10.3. The van der Waals surface area contributed by atoms with Crippen LogP contribution in [0.15, 0.2) is 12.4 Å². The van der Waals surface area contributed by atoms with Crippen LogP contribution in [-0.4, -0.2) is 33.1 Å². The van der Waals surface area contributed by atoms with Crippen molar-refractivity contribution in [2.45, 2.75) is 19.9 Å². The average Bonchev–Trinajstić information content (AvgIpc) is 2.66. The van der Waals surface area contributed by atoms with Gasteiger partial charge in [0.1, 0.15) is 25.4 Å². The van der Waals surface area contributed by atoms with E-state index in [1.54, 1.807) is 6.92 Å². The van der Waals surface area contributed by atoms with Crippen LogP contribution in [-0.2, 0) is 20.9 Å². The smallest absolute Gasteiger partial charge is 0.313 e. The van der Waals surface area contributed by atoms with Gasteiger partial charge in [-0.2, -0.15) is 5.10 Å². The molecule has 1 rings (SSSR count). The molecule has 17 heavy (non-hydrogen) atoms. The lowest BCUT2D eigenvalue weighted by Crippen LogP contribution is -2.16. The molecule has 1 aromatic rings. The molecule has 0 aliphatic rings. The first-order valence-corrected chi connectivity index (χ1v) is 4.87. The summed E-state index contributed by atoms with van der Waals surface area (Å²) in [5.41, 5.74) is -0.200. The molecule has 0 saturated heterocycles. The summed E-state index contributed by atoms with van der Waals surface area (Å²) in [6.45, 7) is 1.66. The fourth-order valence-corrected chi connectivity index (χ4v) is 1.14. The Labute approximate surface area is 96.3 Å². The molecule has 0 amide bonds. The summed E-state index contributed by atoms with van der Waals surface area (Å²) in [7, 11) is 0. The van der Waals surface area contributed by atoms with E-state index in [9.17, 15) is 19.7 Å². The number of ether oxygens (including phenoxy) is 1. The van der Waals surface area contributed by atoms with Crippen molar-refractivity contribution < 1.29 is 19.2 Å². The Bertz CT molecular complexity index is 440. The van der Waals surface area contributed by atoms with Gasteiger partial charge in [0.25, 0.3) is 0 Å². The lowest BCUT2D eigenvalue weighted by molar-refractivity contribution is -0.385. The van der Waals surface area contributed by atoms with Gasteiger partial charge in [0.05, 0.1) is 11.5 Å². The SMILES string of the molecule is CCOC(=O)CC(=O)Cn1cc([N+](=O)[O-])cn1. The lowest BCUT2D eigenvalue weighted by Gasteiger charge is -2.01. The summed E-state index contributed by atoms with van der Waals surface area (Å²) in [5.74, 6) is -1.03. The quantitative estimate of drug-likeness (QED) is 0.307. The van der Waals surface area contributed by atoms with Crippen molar-refractivity contribution in [3.8, 4) is 0 Å². The third kappa shape index (κ3) is 4.01. The summed E-state index contributed by atoms with van der Waals surface area (Å²) >= 11 is 0. The minimum Gasteiger partial charge on any atom is -0.466 e. The van der Waals surface area contributed by atoms with Crippen LogP contribution in [0.4, 0.5) is 5.69 Å². The number of hydrogen-bond acceptors (Lipinski definition) is 6. The van der Waals surface area contributed by atoms with Crippen LogP contribution in [0.1, 0.15) is 13.3 Å². The number of hydrogen-bond donors (Lipinski definition) is 0. The maximum absolute atomic E-state index is 11.3. The molecule has 0 fully saturated rings. The number of nitrogens with zero attached hydrogens (tertiary/aromatic N) is 3. The topological polar surface area (TPSA) is 104 Å². The van der Waals surface area contributed by atoms with Gasteiger partial charge in [0, 0.05) is 0 Å². The van der Waals surface area contributed by atoms with E-state index < -0.39 is 16.7 Å². The highest BCUT2D eigenvalue weighted by Crippen LogP contribution is 2.07. The summed E-state index contributed by atoms with van der Waals surface area (Å²) < 4.78 is 5.71. The van der Waals surface area contributed by atoms with E-state index in [0.29, 0.717) is 0 Å². The largest absolute Gasteiger partial charge is 0.466 e. The number of nitro groups is 1. The predicted octanol–water partition coefficient (Wildman–Crippen LogP) is 0.314. The van der Waals surface area contributed by atoms with Crippen molar-refractivity contribution in [1.82, 2.24) is 9.78 Å². The Hall–Kier alpha value is -2.25. The number of aromatic nitrogens is 2. The van der Waals surface area contributed by atoms with Crippen molar-refractivity contribution in [1.29, 1.82) is 0 Å². The first kappa shape index (κ1) is 12.8. The highest BCUT2D eigenvalue weighted by atomic mass is 16.6. The van der Waals surface area contributed by atoms with Crippen LogP contribution in [0.25, 0.3) is 0 Å². The van der Waals surface area contributed by atoms with Crippen molar-refractivity contribution in [2.24, 2.45) is 0 Å². The Morgan fingerprint density at radius 1 is 1.59 bits per heavy atom. The molecule has 8 nitrogen and oxygen atoms in total. The molecule has 0 N–H and O–H groups in total. The molecule has 0 aromatic carbocycles. The summed E-state index contributed by atoms with van der Waals surface area (Å²) in [6, 6.07) is 0. The third-order valence-corrected chi connectivity index (χ3v) is 1.82. The fraction of sp³-hybridized carbons (Fsp3) is 0.444. The zero-order valence-electron chi connectivity index (χ0n) is 9.16. The summed E-state index contributed by atoms with van der Waals surface area (Å²) in [6.07, 6.45) is 1.81. The number of rotatable bonds is 6. The number of Topliss-reactive ketones (excluding diaryl/α,β-unsaturated/α-hetero) is 1. The summed E-state index contributed by atoms with van der Waals surface area (Å²) in [4.78, 5) is 32.1. The van der Waals surface area contributed by atoms with Crippen LogP contribution in [0.5, 0.6) is 0 Å². The second kappa shape index (κ2) is 5.73. The molecule has 1 heterocycles. The Morgan fingerprint density at radius 2 is 2.29 bits per heavy atom. The molecule has 92 valence electrons. The minimum atomic E-state index is -0.612. The van der Waals surface area contributed by atoms with E-state index in [-0.39, 0.29) is 25.3 Å². The van der Waals surface area contributed by atoms with E-state index in [0.717, 1.165) is 17.1 Å². The molecule has 0 aliphatic heterocycles. The number of ketones is 1. The fourth-order valence-electron chi connectivity index (χ4n) is 1.14. The minimum absolute atomic E-state index is 0.188. The first-order chi connectivity index (χ1) is 8.02. The molecule has 0 spiro atoms. The Kier molecular flexibility index (Phi) is 4.32. The Balaban J connectivity index is 2.50. The zero-order chi connectivity index (χ0) is 12.8. The van der Waals surface area contributed by atoms with Gasteiger partial charge in [0.2, 0.25) is 0 Å². The summed E-state index contributed by atoms with van der Waals surface area (Å²) in [5, 5.41) is 14.0. The van der Waals surface area contributed by atoms with Gasteiger partial charge in [-0.3, -0.25) is 24.4 Å². The van der Waals surface area contributed by atoms with E-state index in [1.165, 1.54) is 0 Å². The molecular weight excluding hydrogens is 230 g/mol. The van der Waals surface area contributed by atoms with Gasteiger partial charge < -0.3 is 4.74 Å². The Morgan fingerprint density at radius 3 is 2.82 bits per heavy atom. The molecule has 0 bridgehead atoms. The van der Waals surface area contributed by atoms with Crippen LogP contribution >= 0.6 is 0 Å². The van der Waals surface area contributed by atoms with Crippen molar-refractivity contribution >= 4 is 17.4 Å². The molecule has 0 unspecified atom stereocenters. The molecule has 0 radical (unpaired) electrons. The van der Waals surface area contributed by atoms with Crippen molar-refractivity contribution in [3.63, 3.8) is 0 Å². The molecule has 0 saturated carbocycles. The maximum Gasteiger partial charge on any atom is 0.313 e. The average molecular weight is 241 g/mol. The van der Waals surface area contributed by atoms with Gasteiger partial charge >= 0.3 is 11.7 Å². The van der Waals surface area contributed by atoms with Crippen LogP contribution < -0.4 is 0 Å². The number of esters is 1. The standard InChI is InChI=1S/C9H11N3O5/c1-2-17-9(14)3-8(13)6-11-5-7(4-10-11)12(15)16/h4-5H,2-3,6H2,1H3. The highest BCUT2D eigenvalue weighted by Gasteiger charge is 2.14. The number of carbonyl (C=O) groups is 2. The van der Waals surface area contributed by atoms with Gasteiger partial charge in [-0.05, 0) is 6.92 Å². The van der Waals surface area contributed by atoms with Crippen LogP contribution in [0.3, 0.4) is 0 Å². The second-order valence-electron chi connectivity index (χ2n) is 3.17. The first-order valence-electron chi connectivity index (χ1n) is 4.87. The highest BCUT2D eigenvalue weighted by molar-refractivity contribution is 5.95. The zero-order valence-corrected chi connectivity index (χ0v) is 9.16. The van der Waals surface area contributed by atoms with Gasteiger partial charge in [0.15, 0.2) is 5.78 Å².